The molecule has 0 bridgehead atoms. The second-order valence-corrected chi connectivity index (χ2v) is 7.19. The summed E-state index contributed by atoms with van der Waals surface area (Å²) in [4.78, 5) is 27.1. The van der Waals surface area contributed by atoms with E-state index in [2.05, 4.69) is 5.32 Å². The molecule has 0 aliphatic heterocycles. The third-order valence-electron chi connectivity index (χ3n) is 4.86. The van der Waals surface area contributed by atoms with Crippen LogP contribution in [-0.2, 0) is 22.6 Å². The summed E-state index contributed by atoms with van der Waals surface area (Å²) in [5, 5.41) is 2.83. The number of aryl methyl sites for hydroxylation is 2. The maximum absolute atomic E-state index is 14.2. The van der Waals surface area contributed by atoms with Crippen molar-refractivity contribution in [1.82, 2.24) is 10.2 Å². The zero-order valence-corrected chi connectivity index (χ0v) is 17.1. The minimum Gasteiger partial charge on any atom is -0.354 e. The van der Waals surface area contributed by atoms with Crippen molar-refractivity contribution in [3.63, 3.8) is 0 Å². The normalized spacial score (nSPS) is 11.8. The van der Waals surface area contributed by atoms with E-state index >= 15 is 0 Å². The molecule has 0 spiro atoms. The van der Waals surface area contributed by atoms with Gasteiger partial charge in [0, 0.05) is 18.7 Å². The monoisotopic (exact) mass is 384 g/mol. The zero-order valence-electron chi connectivity index (χ0n) is 17.1. The van der Waals surface area contributed by atoms with Gasteiger partial charge in [0.1, 0.15) is 11.9 Å². The van der Waals surface area contributed by atoms with Crippen LogP contribution in [0.25, 0.3) is 0 Å². The smallest absolute Gasteiger partial charge is 0.242 e. The van der Waals surface area contributed by atoms with Gasteiger partial charge in [0.25, 0.3) is 0 Å². The van der Waals surface area contributed by atoms with E-state index in [4.69, 9.17) is 0 Å². The van der Waals surface area contributed by atoms with Gasteiger partial charge in [-0.1, -0.05) is 48.9 Å². The lowest BCUT2D eigenvalue weighted by Gasteiger charge is -2.29. The van der Waals surface area contributed by atoms with Crippen LogP contribution < -0.4 is 5.32 Å². The summed E-state index contributed by atoms with van der Waals surface area (Å²) in [7, 11) is 0. The van der Waals surface area contributed by atoms with Crippen LogP contribution in [0.5, 0.6) is 0 Å². The Bertz CT molecular complexity index is 835. The maximum atomic E-state index is 14.2. The van der Waals surface area contributed by atoms with Crippen LogP contribution in [0.15, 0.2) is 42.5 Å². The Hall–Kier alpha value is -2.69. The highest BCUT2D eigenvalue weighted by atomic mass is 19.1. The molecule has 1 N–H and O–H groups in total. The Balaban J connectivity index is 2.28. The van der Waals surface area contributed by atoms with E-state index in [0.717, 1.165) is 23.1 Å². The number of carbonyl (C=O) groups excluding carboxylic acids is 2. The lowest BCUT2D eigenvalue weighted by Crippen LogP contribution is -2.48. The molecule has 0 saturated carbocycles. The number of nitrogens with zero attached hydrogens (tertiary/aromatic N) is 1. The molecule has 0 saturated heterocycles. The minimum absolute atomic E-state index is 0.0527. The van der Waals surface area contributed by atoms with E-state index in [1.807, 2.05) is 39.0 Å². The third-order valence-corrected chi connectivity index (χ3v) is 4.86. The Morgan fingerprint density at radius 2 is 1.82 bits per heavy atom. The number of benzene rings is 2. The highest BCUT2D eigenvalue weighted by Crippen LogP contribution is 2.17. The van der Waals surface area contributed by atoms with Gasteiger partial charge in [-0.15, -0.1) is 0 Å². The molecule has 5 heteroatoms. The maximum Gasteiger partial charge on any atom is 0.242 e. The quantitative estimate of drug-likeness (QED) is 0.750. The fourth-order valence-corrected chi connectivity index (χ4v) is 3.04. The average Bonchev–Trinajstić information content (AvgIpc) is 2.67. The van der Waals surface area contributed by atoms with Gasteiger partial charge in [0.2, 0.25) is 11.8 Å². The second-order valence-electron chi connectivity index (χ2n) is 7.19. The molecule has 0 heterocycles. The molecule has 2 rings (SSSR count). The molecule has 0 aliphatic rings. The standard InChI is InChI=1S/C23H29FN2O2/c1-5-12-25-23(28)18(4)26(15-19-8-6-7-9-21(19)24)22(27)14-20-13-16(2)10-11-17(20)3/h6-11,13,18H,5,12,14-15H2,1-4H3,(H,25,28)/t18-/m1/s1. The van der Waals surface area contributed by atoms with Crippen molar-refractivity contribution in [1.29, 1.82) is 0 Å². The van der Waals surface area contributed by atoms with Crippen LogP contribution in [0.4, 0.5) is 4.39 Å². The molecule has 0 aliphatic carbocycles. The lowest BCUT2D eigenvalue weighted by atomic mass is 10.0. The van der Waals surface area contributed by atoms with E-state index in [1.165, 1.54) is 11.0 Å². The van der Waals surface area contributed by atoms with Crippen LogP contribution in [-0.4, -0.2) is 29.3 Å². The van der Waals surface area contributed by atoms with Crippen molar-refractivity contribution in [2.24, 2.45) is 0 Å². The summed E-state index contributed by atoms with van der Waals surface area (Å²) in [6, 6.07) is 11.6. The molecular formula is C23H29FN2O2. The summed E-state index contributed by atoms with van der Waals surface area (Å²) in [5.74, 6) is -0.809. The molecule has 0 unspecified atom stereocenters. The van der Waals surface area contributed by atoms with Crippen molar-refractivity contribution in [3.8, 4) is 0 Å². The average molecular weight is 384 g/mol. The number of nitrogens with one attached hydrogen (secondary N) is 1. The molecule has 2 aromatic carbocycles. The molecule has 4 nitrogen and oxygen atoms in total. The number of halogens is 1. The molecule has 0 radical (unpaired) electrons. The van der Waals surface area contributed by atoms with Crippen molar-refractivity contribution >= 4 is 11.8 Å². The Kier molecular flexibility index (Phi) is 7.73. The van der Waals surface area contributed by atoms with Crippen LogP contribution >= 0.6 is 0 Å². The summed E-state index contributed by atoms with van der Waals surface area (Å²) in [6.07, 6.45) is 0.982. The van der Waals surface area contributed by atoms with Crippen LogP contribution in [0.1, 0.15) is 42.5 Å². The Labute approximate surface area is 166 Å². The van der Waals surface area contributed by atoms with Gasteiger partial charge in [0.15, 0.2) is 0 Å². The first kappa shape index (κ1) is 21.6. The predicted octanol–water partition coefficient (Wildman–Crippen LogP) is 3.93. The third kappa shape index (κ3) is 5.65. The second kappa shape index (κ2) is 10.0. The van der Waals surface area contributed by atoms with Gasteiger partial charge < -0.3 is 10.2 Å². The van der Waals surface area contributed by atoms with E-state index in [0.29, 0.717) is 12.1 Å². The first-order valence-electron chi connectivity index (χ1n) is 9.70. The SMILES string of the molecule is CCCNC(=O)[C@@H](C)N(Cc1ccccc1F)C(=O)Cc1cc(C)ccc1C. The van der Waals surface area contributed by atoms with Crippen molar-refractivity contribution < 1.29 is 14.0 Å². The summed E-state index contributed by atoms with van der Waals surface area (Å²) in [5.41, 5.74) is 3.41. The largest absolute Gasteiger partial charge is 0.354 e. The molecular weight excluding hydrogens is 355 g/mol. The van der Waals surface area contributed by atoms with Gasteiger partial charge in [0.05, 0.1) is 6.42 Å². The van der Waals surface area contributed by atoms with E-state index in [9.17, 15) is 14.0 Å². The topological polar surface area (TPSA) is 49.4 Å². The number of hydrogen-bond donors (Lipinski definition) is 1. The van der Waals surface area contributed by atoms with Crippen molar-refractivity contribution in [2.45, 2.75) is 53.1 Å². The number of hydrogen-bond acceptors (Lipinski definition) is 2. The first-order valence-corrected chi connectivity index (χ1v) is 9.70. The summed E-state index contributed by atoms with van der Waals surface area (Å²) >= 11 is 0. The molecule has 2 amide bonds. The molecule has 28 heavy (non-hydrogen) atoms. The number of rotatable bonds is 8. The van der Waals surface area contributed by atoms with E-state index in [1.54, 1.807) is 25.1 Å². The van der Waals surface area contributed by atoms with Crippen molar-refractivity contribution in [2.75, 3.05) is 6.54 Å². The fourth-order valence-electron chi connectivity index (χ4n) is 3.04. The lowest BCUT2D eigenvalue weighted by molar-refractivity contribution is -0.140. The molecule has 150 valence electrons. The van der Waals surface area contributed by atoms with Crippen LogP contribution in [0.3, 0.4) is 0 Å². The zero-order chi connectivity index (χ0) is 20.7. The minimum atomic E-state index is -0.691. The molecule has 2 aromatic rings. The molecule has 1 atom stereocenters. The predicted molar refractivity (Wildman–Crippen MR) is 109 cm³/mol. The van der Waals surface area contributed by atoms with Gasteiger partial charge >= 0.3 is 0 Å². The molecule has 0 fully saturated rings. The Morgan fingerprint density at radius 3 is 2.50 bits per heavy atom. The highest BCUT2D eigenvalue weighted by Gasteiger charge is 2.27. The van der Waals surface area contributed by atoms with E-state index < -0.39 is 6.04 Å². The first-order chi connectivity index (χ1) is 13.3. The van der Waals surface area contributed by atoms with Crippen molar-refractivity contribution in [3.05, 3.63) is 70.5 Å². The summed E-state index contributed by atoms with van der Waals surface area (Å²) in [6.45, 7) is 8.19. The van der Waals surface area contributed by atoms with Crippen LogP contribution in [0, 0.1) is 19.7 Å². The fraction of sp³-hybridized carbons (Fsp3) is 0.391. The number of amides is 2. The molecule has 0 aromatic heterocycles. The van der Waals surface area contributed by atoms with Gasteiger partial charge in [-0.2, -0.15) is 0 Å². The number of carbonyl (C=O) groups is 2. The highest BCUT2D eigenvalue weighted by molar-refractivity contribution is 5.88. The van der Waals surface area contributed by atoms with E-state index in [-0.39, 0.29) is 30.6 Å². The summed E-state index contributed by atoms with van der Waals surface area (Å²) < 4.78 is 14.2. The van der Waals surface area contributed by atoms with Crippen LogP contribution in [0.2, 0.25) is 0 Å². The van der Waals surface area contributed by atoms with Gasteiger partial charge in [-0.3, -0.25) is 9.59 Å². The Morgan fingerprint density at radius 1 is 1.11 bits per heavy atom. The van der Waals surface area contributed by atoms with Gasteiger partial charge in [-0.05, 0) is 44.4 Å². The van der Waals surface area contributed by atoms with Gasteiger partial charge in [-0.25, -0.2) is 4.39 Å².